The molecule has 2 rings (SSSR count). The van der Waals surface area contributed by atoms with E-state index in [-0.39, 0.29) is 11.5 Å². The Morgan fingerprint density at radius 1 is 1.42 bits per heavy atom. The molecule has 1 fully saturated rings. The first kappa shape index (κ1) is 21.1. The second-order valence-electron chi connectivity index (χ2n) is 8.67. The first-order chi connectivity index (χ1) is 12.1. The van der Waals surface area contributed by atoms with Crippen LogP contribution in [-0.4, -0.2) is 35.3 Å². The number of hydrogen-bond donors (Lipinski definition) is 1. The average Bonchev–Trinajstić information content (AvgIpc) is 2.56. The molecule has 1 amide bonds. The lowest BCUT2D eigenvalue weighted by Crippen LogP contribution is -2.52. The van der Waals surface area contributed by atoms with Gasteiger partial charge in [-0.25, -0.2) is 4.79 Å². The molecule has 0 aliphatic carbocycles. The van der Waals surface area contributed by atoms with E-state index in [0.717, 1.165) is 29.5 Å². The first-order valence-electron chi connectivity index (χ1n) is 9.48. The predicted molar refractivity (Wildman–Crippen MR) is 109 cm³/mol. The molecule has 26 heavy (non-hydrogen) atoms. The summed E-state index contributed by atoms with van der Waals surface area (Å²) >= 11 is 3.51. The first-order valence-corrected chi connectivity index (χ1v) is 10.3. The van der Waals surface area contributed by atoms with Crippen molar-refractivity contribution in [3.8, 4) is 5.75 Å². The van der Waals surface area contributed by atoms with Crippen LogP contribution < -0.4 is 4.74 Å². The molecule has 1 heterocycles. The molecule has 0 radical (unpaired) electrons. The van der Waals surface area contributed by atoms with Gasteiger partial charge >= 0.3 is 6.09 Å². The zero-order valence-corrected chi connectivity index (χ0v) is 18.2. The standard InChI is InChI=1S/C21H32BrNO3/c1-14(9-11-26-17-6-7-18(22)15(2)12-17)16-8-10-23(20(24)25)19(13-16)21(3,4)5/h6-7,12,14,16,19H,8-11,13H2,1-5H3,(H,24,25)/t14-,16?,19?/m0/s1. The molecule has 0 bridgehead atoms. The van der Waals surface area contributed by atoms with Gasteiger partial charge in [-0.05, 0) is 67.2 Å². The number of hydrogen-bond acceptors (Lipinski definition) is 2. The lowest BCUT2D eigenvalue weighted by Gasteiger charge is -2.46. The third-order valence-corrected chi connectivity index (χ3v) is 6.55. The van der Waals surface area contributed by atoms with Gasteiger partial charge < -0.3 is 14.7 Å². The predicted octanol–water partition coefficient (Wildman–Crippen LogP) is 5.97. The third kappa shape index (κ3) is 5.38. The fraction of sp³-hybridized carbons (Fsp3) is 0.667. The number of ether oxygens (including phenoxy) is 1. The SMILES string of the molecule is Cc1cc(OCC[C@H](C)C2CCN(C(=O)O)C(C(C)(C)C)C2)ccc1Br. The van der Waals surface area contributed by atoms with E-state index in [0.29, 0.717) is 25.0 Å². The van der Waals surface area contributed by atoms with E-state index in [1.54, 1.807) is 4.90 Å². The summed E-state index contributed by atoms with van der Waals surface area (Å²) in [7, 11) is 0. The van der Waals surface area contributed by atoms with E-state index < -0.39 is 6.09 Å². The molecule has 3 atom stereocenters. The Bertz CT molecular complexity index is 626. The smallest absolute Gasteiger partial charge is 0.407 e. The molecule has 1 aliphatic rings. The van der Waals surface area contributed by atoms with Gasteiger partial charge in [-0.2, -0.15) is 0 Å². The molecule has 0 aromatic heterocycles. The second-order valence-corrected chi connectivity index (χ2v) is 9.52. The van der Waals surface area contributed by atoms with Gasteiger partial charge in [-0.3, -0.25) is 0 Å². The summed E-state index contributed by atoms with van der Waals surface area (Å²) in [6.07, 6.45) is 2.08. The Kier molecular flexibility index (Phi) is 7.00. The minimum absolute atomic E-state index is 0.0395. The summed E-state index contributed by atoms with van der Waals surface area (Å²) in [4.78, 5) is 13.2. The Morgan fingerprint density at radius 3 is 2.69 bits per heavy atom. The number of aryl methyl sites for hydroxylation is 1. The van der Waals surface area contributed by atoms with Crippen molar-refractivity contribution in [2.24, 2.45) is 17.3 Å². The molecule has 1 aliphatic heterocycles. The quantitative estimate of drug-likeness (QED) is 0.631. The zero-order chi connectivity index (χ0) is 19.5. The maximum atomic E-state index is 11.6. The van der Waals surface area contributed by atoms with Crippen LogP contribution in [0.1, 0.15) is 52.5 Å². The molecular formula is C21H32BrNO3. The van der Waals surface area contributed by atoms with E-state index in [1.165, 1.54) is 5.56 Å². The van der Waals surface area contributed by atoms with E-state index in [9.17, 15) is 9.90 Å². The van der Waals surface area contributed by atoms with Crippen molar-refractivity contribution < 1.29 is 14.6 Å². The number of carboxylic acid groups (broad SMARTS) is 1. The van der Waals surface area contributed by atoms with Gasteiger partial charge in [0.05, 0.1) is 6.61 Å². The van der Waals surface area contributed by atoms with Gasteiger partial charge in [-0.1, -0.05) is 43.6 Å². The highest BCUT2D eigenvalue weighted by Crippen LogP contribution is 2.38. The van der Waals surface area contributed by atoms with Gasteiger partial charge in [-0.15, -0.1) is 0 Å². The van der Waals surface area contributed by atoms with Crippen molar-refractivity contribution in [2.75, 3.05) is 13.2 Å². The van der Waals surface area contributed by atoms with Crippen molar-refractivity contribution in [1.29, 1.82) is 0 Å². The maximum Gasteiger partial charge on any atom is 0.407 e. The van der Waals surface area contributed by atoms with E-state index in [4.69, 9.17) is 4.74 Å². The minimum Gasteiger partial charge on any atom is -0.494 e. The normalized spacial score (nSPS) is 22.2. The van der Waals surface area contributed by atoms with Crippen molar-refractivity contribution in [2.45, 2.75) is 59.9 Å². The molecule has 1 saturated heterocycles. The van der Waals surface area contributed by atoms with Crippen molar-refractivity contribution >= 4 is 22.0 Å². The van der Waals surface area contributed by atoms with Crippen LogP contribution in [0.25, 0.3) is 0 Å². The van der Waals surface area contributed by atoms with Gasteiger partial charge in [0.1, 0.15) is 5.75 Å². The molecule has 2 unspecified atom stereocenters. The molecule has 1 N–H and O–H groups in total. The highest BCUT2D eigenvalue weighted by atomic mass is 79.9. The number of carbonyl (C=O) groups is 1. The van der Waals surface area contributed by atoms with E-state index in [1.807, 2.05) is 12.1 Å². The van der Waals surface area contributed by atoms with Crippen LogP contribution in [0.3, 0.4) is 0 Å². The number of piperidine rings is 1. The van der Waals surface area contributed by atoms with Crippen molar-refractivity contribution in [3.63, 3.8) is 0 Å². The Morgan fingerprint density at radius 2 is 2.12 bits per heavy atom. The summed E-state index contributed by atoms with van der Waals surface area (Å²) < 4.78 is 7.03. The second kappa shape index (κ2) is 8.64. The topological polar surface area (TPSA) is 49.8 Å². The van der Waals surface area contributed by atoms with Crippen LogP contribution in [-0.2, 0) is 0 Å². The monoisotopic (exact) mass is 425 g/mol. The largest absolute Gasteiger partial charge is 0.494 e. The minimum atomic E-state index is -0.787. The number of nitrogens with zero attached hydrogens (tertiary/aromatic N) is 1. The molecule has 1 aromatic rings. The number of benzene rings is 1. The number of likely N-dealkylation sites (tertiary alicyclic amines) is 1. The van der Waals surface area contributed by atoms with Crippen LogP contribution in [0.5, 0.6) is 5.75 Å². The number of halogens is 1. The van der Waals surface area contributed by atoms with Crippen LogP contribution in [0.4, 0.5) is 4.79 Å². The molecule has 0 spiro atoms. The summed E-state index contributed by atoms with van der Waals surface area (Å²) in [5.74, 6) is 1.98. The summed E-state index contributed by atoms with van der Waals surface area (Å²) in [6, 6.07) is 6.14. The Balaban J connectivity index is 1.89. The summed E-state index contributed by atoms with van der Waals surface area (Å²) in [5.41, 5.74) is 1.13. The fourth-order valence-corrected chi connectivity index (χ4v) is 4.11. The molecule has 5 heteroatoms. The van der Waals surface area contributed by atoms with Gasteiger partial charge in [0, 0.05) is 17.1 Å². The summed E-state index contributed by atoms with van der Waals surface area (Å²) in [6.45, 7) is 12.1. The van der Waals surface area contributed by atoms with E-state index >= 15 is 0 Å². The van der Waals surface area contributed by atoms with Crippen LogP contribution in [0, 0.1) is 24.2 Å². The van der Waals surface area contributed by atoms with Crippen molar-refractivity contribution in [1.82, 2.24) is 4.90 Å². The zero-order valence-electron chi connectivity index (χ0n) is 16.6. The number of amides is 1. The molecule has 0 saturated carbocycles. The lowest BCUT2D eigenvalue weighted by atomic mass is 9.73. The fourth-order valence-electron chi connectivity index (χ4n) is 3.86. The molecule has 1 aromatic carbocycles. The van der Waals surface area contributed by atoms with Crippen molar-refractivity contribution in [3.05, 3.63) is 28.2 Å². The molecule has 146 valence electrons. The molecular weight excluding hydrogens is 394 g/mol. The highest BCUT2D eigenvalue weighted by Gasteiger charge is 2.39. The van der Waals surface area contributed by atoms with Crippen LogP contribution in [0.2, 0.25) is 0 Å². The number of rotatable bonds is 5. The van der Waals surface area contributed by atoms with Gasteiger partial charge in [0.2, 0.25) is 0 Å². The van der Waals surface area contributed by atoms with E-state index in [2.05, 4.69) is 56.6 Å². The third-order valence-electron chi connectivity index (χ3n) is 5.66. The summed E-state index contributed by atoms with van der Waals surface area (Å²) in [5, 5.41) is 9.51. The van der Waals surface area contributed by atoms with Crippen LogP contribution in [0.15, 0.2) is 22.7 Å². The average molecular weight is 426 g/mol. The highest BCUT2D eigenvalue weighted by molar-refractivity contribution is 9.10. The van der Waals surface area contributed by atoms with Gasteiger partial charge in [0.25, 0.3) is 0 Å². The van der Waals surface area contributed by atoms with Crippen LogP contribution >= 0.6 is 15.9 Å². The lowest BCUT2D eigenvalue weighted by molar-refractivity contribution is 0.0271. The Labute approximate surface area is 166 Å². The van der Waals surface area contributed by atoms with Gasteiger partial charge in [0.15, 0.2) is 0 Å². The maximum absolute atomic E-state index is 11.6. The molecule has 4 nitrogen and oxygen atoms in total. The Hall–Kier alpha value is -1.23.